The first kappa shape index (κ1) is 17.5. The Balaban J connectivity index is 3.09. The highest BCUT2D eigenvalue weighted by Crippen LogP contribution is 2.34. The topological polar surface area (TPSA) is 61.4 Å². The molecule has 0 aliphatic heterocycles. The first-order chi connectivity index (χ1) is 9.10. The number of amides is 1. The maximum atomic E-state index is 11.5. The van der Waals surface area contributed by atoms with Crippen molar-refractivity contribution in [3.8, 4) is 0 Å². The molecule has 0 heterocycles. The van der Waals surface area contributed by atoms with Crippen LogP contribution >= 0.6 is 23.2 Å². The lowest BCUT2D eigenvalue weighted by molar-refractivity contribution is -0.120. The summed E-state index contributed by atoms with van der Waals surface area (Å²) in [5, 5.41) is 15.2. The van der Waals surface area contributed by atoms with Crippen LogP contribution in [0.15, 0.2) is 22.8 Å². The minimum atomic E-state index is -0.902. The highest BCUT2D eigenvalue weighted by molar-refractivity contribution is 6.33. The van der Waals surface area contributed by atoms with Crippen LogP contribution in [0.2, 0.25) is 0 Å². The lowest BCUT2D eigenvalue weighted by atomic mass is 9.86. The quantitative estimate of drug-likeness (QED) is 0.693. The summed E-state index contributed by atoms with van der Waals surface area (Å²) < 4.78 is 0. The van der Waals surface area contributed by atoms with E-state index >= 15 is 0 Å². The Labute approximate surface area is 130 Å². The van der Waals surface area contributed by atoms with Crippen molar-refractivity contribution in [2.45, 2.75) is 44.1 Å². The number of carbonyl (C=O) groups excluding carboxylic acids is 1. The van der Waals surface area contributed by atoms with E-state index in [2.05, 4.69) is 10.6 Å². The maximum Gasteiger partial charge on any atom is 0.217 e. The Morgan fingerprint density at radius 2 is 2.10 bits per heavy atom. The molecule has 1 aliphatic carbocycles. The molecule has 2 atom stereocenters. The van der Waals surface area contributed by atoms with E-state index in [1.807, 2.05) is 20.8 Å². The normalized spacial score (nSPS) is 26.9. The number of alkyl halides is 1. The van der Waals surface area contributed by atoms with Crippen molar-refractivity contribution in [3.05, 3.63) is 22.8 Å². The molecule has 4 nitrogen and oxygen atoms in total. The van der Waals surface area contributed by atoms with Gasteiger partial charge in [-0.1, -0.05) is 17.7 Å². The molecular weight excluding hydrogens is 299 g/mol. The fraction of sp³-hybridized carbons (Fsp3) is 0.643. The molecule has 0 aromatic heterocycles. The lowest BCUT2D eigenvalue weighted by Gasteiger charge is -2.41. The molecule has 2 unspecified atom stereocenters. The van der Waals surface area contributed by atoms with E-state index in [9.17, 15) is 9.90 Å². The third kappa shape index (κ3) is 4.22. The number of nitrogens with one attached hydrogen (secondary N) is 2. The van der Waals surface area contributed by atoms with Gasteiger partial charge < -0.3 is 15.7 Å². The van der Waals surface area contributed by atoms with Gasteiger partial charge in [-0.05, 0) is 32.4 Å². The Morgan fingerprint density at radius 3 is 2.50 bits per heavy atom. The van der Waals surface area contributed by atoms with Gasteiger partial charge in [0.05, 0.1) is 12.0 Å². The van der Waals surface area contributed by atoms with E-state index in [-0.39, 0.29) is 18.1 Å². The van der Waals surface area contributed by atoms with Gasteiger partial charge in [-0.25, -0.2) is 0 Å². The standard InChI is InChI=1S/C14H22Cl2N2O2/c1-9(20)18-14(8-17-13(2,3)4)11(15)5-10(7-19)6-12(14)16/h5-6,11,17,19H,7-8H2,1-4H3,(H,18,20). The van der Waals surface area contributed by atoms with Crippen LogP contribution in [-0.2, 0) is 4.79 Å². The Kier molecular flexibility index (Phi) is 5.67. The van der Waals surface area contributed by atoms with Gasteiger partial charge in [0.2, 0.25) is 5.91 Å². The number of rotatable bonds is 4. The van der Waals surface area contributed by atoms with E-state index in [0.717, 1.165) is 0 Å². The van der Waals surface area contributed by atoms with Gasteiger partial charge in [-0.3, -0.25) is 4.79 Å². The van der Waals surface area contributed by atoms with Gasteiger partial charge in [0.25, 0.3) is 0 Å². The number of halogens is 2. The Hall–Kier alpha value is -0.550. The van der Waals surface area contributed by atoms with E-state index in [0.29, 0.717) is 17.2 Å². The molecule has 6 heteroatoms. The second kappa shape index (κ2) is 6.48. The molecule has 0 aromatic carbocycles. The van der Waals surface area contributed by atoms with E-state index in [1.54, 1.807) is 12.2 Å². The first-order valence-electron chi connectivity index (χ1n) is 6.48. The third-order valence-corrected chi connectivity index (χ3v) is 3.99. The molecule has 3 N–H and O–H groups in total. The van der Waals surface area contributed by atoms with Crippen molar-refractivity contribution >= 4 is 29.1 Å². The van der Waals surface area contributed by atoms with Crippen LogP contribution in [-0.4, -0.2) is 40.6 Å². The molecule has 20 heavy (non-hydrogen) atoms. The summed E-state index contributed by atoms with van der Waals surface area (Å²) in [7, 11) is 0. The molecule has 0 fully saturated rings. The molecule has 114 valence electrons. The fourth-order valence-electron chi connectivity index (χ4n) is 1.97. The van der Waals surface area contributed by atoms with E-state index in [1.165, 1.54) is 6.92 Å². The molecule has 0 saturated heterocycles. The van der Waals surface area contributed by atoms with Gasteiger partial charge in [0, 0.05) is 24.0 Å². The number of carbonyl (C=O) groups is 1. The summed E-state index contributed by atoms with van der Waals surface area (Å²) in [6, 6.07) is 0. The average molecular weight is 321 g/mol. The molecule has 1 rings (SSSR count). The SMILES string of the molecule is CC(=O)NC1(CNC(C)(C)C)C(Cl)=CC(CO)=CC1Cl. The summed E-state index contributed by atoms with van der Waals surface area (Å²) >= 11 is 12.8. The van der Waals surface area contributed by atoms with Gasteiger partial charge >= 0.3 is 0 Å². The van der Waals surface area contributed by atoms with Gasteiger partial charge in [0.1, 0.15) is 5.54 Å². The van der Waals surface area contributed by atoms with Crippen molar-refractivity contribution in [1.82, 2.24) is 10.6 Å². The number of aliphatic hydroxyl groups is 1. The second-order valence-corrected chi connectivity index (χ2v) is 6.93. The molecule has 1 amide bonds. The van der Waals surface area contributed by atoms with Crippen LogP contribution in [0.3, 0.4) is 0 Å². The summed E-state index contributed by atoms with van der Waals surface area (Å²) in [6.07, 6.45) is 3.37. The Bertz CT molecular complexity index is 441. The minimum Gasteiger partial charge on any atom is -0.392 e. The number of aliphatic hydroxyl groups excluding tert-OH is 1. The third-order valence-electron chi connectivity index (χ3n) is 3.05. The highest BCUT2D eigenvalue weighted by atomic mass is 35.5. The molecule has 0 aromatic rings. The van der Waals surface area contributed by atoms with E-state index in [4.69, 9.17) is 23.2 Å². The van der Waals surface area contributed by atoms with Crippen LogP contribution in [0, 0.1) is 0 Å². The van der Waals surface area contributed by atoms with Crippen molar-refractivity contribution in [2.75, 3.05) is 13.2 Å². The Morgan fingerprint density at radius 1 is 1.50 bits per heavy atom. The molecule has 0 spiro atoms. The summed E-state index contributed by atoms with van der Waals surface area (Å²) in [6.45, 7) is 7.75. The molecular formula is C14H22Cl2N2O2. The number of hydrogen-bond donors (Lipinski definition) is 3. The first-order valence-corrected chi connectivity index (χ1v) is 7.29. The summed E-state index contributed by atoms with van der Waals surface area (Å²) in [5.74, 6) is -0.209. The lowest BCUT2D eigenvalue weighted by Crippen LogP contribution is -2.62. The van der Waals surface area contributed by atoms with Crippen LogP contribution in [0.1, 0.15) is 27.7 Å². The van der Waals surface area contributed by atoms with Gasteiger partial charge in [-0.2, -0.15) is 0 Å². The molecule has 0 bridgehead atoms. The van der Waals surface area contributed by atoms with Gasteiger partial charge in [0.15, 0.2) is 0 Å². The predicted octanol–water partition coefficient (Wildman–Crippen LogP) is 1.91. The van der Waals surface area contributed by atoms with Gasteiger partial charge in [-0.15, -0.1) is 11.6 Å². The zero-order valence-electron chi connectivity index (χ0n) is 12.3. The fourth-order valence-corrected chi connectivity index (χ4v) is 2.81. The molecule has 0 saturated carbocycles. The minimum absolute atomic E-state index is 0.137. The van der Waals surface area contributed by atoms with Crippen LogP contribution in [0.5, 0.6) is 0 Å². The van der Waals surface area contributed by atoms with Crippen molar-refractivity contribution < 1.29 is 9.90 Å². The zero-order chi connectivity index (χ0) is 15.6. The van der Waals surface area contributed by atoms with Crippen LogP contribution in [0.4, 0.5) is 0 Å². The molecule has 1 aliphatic rings. The predicted molar refractivity (Wildman–Crippen MR) is 83.0 cm³/mol. The van der Waals surface area contributed by atoms with Crippen LogP contribution in [0.25, 0.3) is 0 Å². The number of hydrogen-bond acceptors (Lipinski definition) is 3. The monoisotopic (exact) mass is 320 g/mol. The summed E-state index contributed by atoms with van der Waals surface area (Å²) in [5.41, 5.74) is -0.395. The summed E-state index contributed by atoms with van der Waals surface area (Å²) in [4.78, 5) is 11.5. The average Bonchev–Trinajstić information content (AvgIpc) is 2.30. The van der Waals surface area contributed by atoms with Crippen molar-refractivity contribution in [1.29, 1.82) is 0 Å². The zero-order valence-corrected chi connectivity index (χ0v) is 13.8. The van der Waals surface area contributed by atoms with Crippen molar-refractivity contribution in [2.24, 2.45) is 0 Å². The molecule has 0 radical (unpaired) electrons. The van der Waals surface area contributed by atoms with E-state index < -0.39 is 10.9 Å². The van der Waals surface area contributed by atoms with Crippen LogP contribution < -0.4 is 10.6 Å². The smallest absolute Gasteiger partial charge is 0.217 e. The second-order valence-electron chi connectivity index (χ2n) is 6.05. The highest BCUT2D eigenvalue weighted by Gasteiger charge is 2.43. The van der Waals surface area contributed by atoms with Crippen molar-refractivity contribution in [3.63, 3.8) is 0 Å². The maximum absolute atomic E-state index is 11.5. The largest absolute Gasteiger partial charge is 0.392 e.